The molecule has 7 rings (SSSR count). The zero-order valence-electron chi connectivity index (χ0n) is 45.8. The number of anilines is 1. The van der Waals surface area contributed by atoms with Crippen LogP contribution >= 0.6 is 0 Å². The highest BCUT2D eigenvalue weighted by molar-refractivity contribution is 7.86. The van der Waals surface area contributed by atoms with E-state index in [0.717, 1.165) is 27.4 Å². The van der Waals surface area contributed by atoms with Gasteiger partial charge in [-0.05, 0) is 143 Å². The van der Waals surface area contributed by atoms with Gasteiger partial charge in [0.2, 0.25) is 11.6 Å². The molecule has 24 heteroatoms. The number of carbonyl (C=O) groups is 3. The number of nitrogens with zero attached hydrogens (tertiary/aromatic N) is 3. The molecule has 4 aliphatic rings. The second-order valence-corrected chi connectivity index (χ2v) is 24.9. The van der Waals surface area contributed by atoms with Crippen LogP contribution in [0.4, 0.5) is 11.4 Å². The molecule has 0 unspecified atom stereocenters. The van der Waals surface area contributed by atoms with Crippen molar-refractivity contribution in [3.63, 3.8) is 0 Å². The van der Waals surface area contributed by atoms with E-state index in [9.17, 15) is 53.3 Å². The van der Waals surface area contributed by atoms with Gasteiger partial charge in [0.05, 0.1) is 71.1 Å². The average Bonchev–Trinajstić information content (AvgIpc) is 4.15. The molecular weight excluding hydrogens is 1100 g/mol. The predicted molar refractivity (Wildman–Crippen MR) is 294 cm³/mol. The maximum atomic E-state index is 12.5. The molecule has 432 valence electrons. The molecule has 0 saturated carbocycles. The van der Waals surface area contributed by atoms with Gasteiger partial charge >= 0.3 is 0 Å². The molecule has 3 aromatic rings. The van der Waals surface area contributed by atoms with Crippen LogP contribution in [-0.2, 0) is 74.6 Å². The molecule has 0 aromatic heterocycles. The standard InChI is InChI=1S/C56H68N4O17S3/c1-37-33-43(79(67,68)69)35-45-52(37)58(7)47(55(45,3)4)20-14-39-11-10-12-40(54(39)77-41-16-18-42(19-17-41)78(64,65)66)15-21-48-56(5,6)46-36-44(80(70,71)72)34-38(2)53(46)60(48)76-32-31-75-30-29-74-28-27-73-26-9-8-13-49(61)57-24-25-59-50(62)22-23-51(59)63/h14-23,33-36H,8-13,24-32H2,1-7H3,(H3-,57,61,64,65,66,67,68,69,70,71,72). The summed E-state index contributed by atoms with van der Waals surface area (Å²) in [4.78, 5) is 42.0. The fraction of sp³-hybridized carbons (Fsp3) is 0.429. The number of carbonyl (C=O) groups excluding carboxylic acids is 3. The zero-order valence-corrected chi connectivity index (χ0v) is 48.2. The van der Waals surface area contributed by atoms with Gasteiger partial charge in [-0.25, -0.2) is 13.5 Å². The van der Waals surface area contributed by atoms with Gasteiger partial charge in [-0.1, -0.05) is 19.9 Å². The Balaban J connectivity index is 1.04. The third-order valence-electron chi connectivity index (χ3n) is 14.3. The van der Waals surface area contributed by atoms with Gasteiger partial charge in [-0.3, -0.25) is 33.2 Å². The lowest BCUT2D eigenvalue weighted by Crippen LogP contribution is -2.38. The maximum absolute atomic E-state index is 12.5. The van der Waals surface area contributed by atoms with Crippen molar-refractivity contribution in [1.29, 1.82) is 0 Å². The second kappa shape index (κ2) is 25.3. The molecule has 0 spiro atoms. The molecule has 3 amide bonds. The van der Waals surface area contributed by atoms with Gasteiger partial charge in [0.1, 0.15) is 28.7 Å². The number of benzene rings is 3. The fourth-order valence-corrected chi connectivity index (χ4v) is 11.8. The van der Waals surface area contributed by atoms with Crippen LogP contribution < -0.4 is 15.1 Å². The average molecular weight is 1170 g/mol. The second-order valence-electron chi connectivity index (χ2n) is 20.7. The number of ether oxygens (including phenoxy) is 4. The van der Waals surface area contributed by atoms with Gasteiger partial charge in [-0.15, -0.1) is 0 Å². The van der Waals surface area contributed by atoms with Crippen molar-refractivity contribution in [3.05, 3.63) is 130 Å². The van der Waals surface area contributed by atoms with E-state index in [2.05, 4.69) is 5.32 Å². The summed E-state index contributed by atoms with van der Waals surface area (Å²) < 4.78 is 131. The van der Waals surface area contributed by atoms with Crippen molar-refractivity contribution in [2.75, 3.05) is 71.4 Å². The molecule has 1 aliphatic carbocycles. The Hall–Kier alpha value is -6.19. The number of nitrogens with one attached hydrogen (secondary N) is 1. The van der Waals surface area contributed by atoms with Crippen LogP contribution in [0, 0.1) is 13.8 Å². The first-order valence-electron chi connectivity index (χ1n) is 26.0. The van der Waals surface area contributed by atoms with Crippen LogP contribution in [0.2, 0.25) is 0 Å². The quantitative estimate of drug-likeness (QED) is 0.0331. The van der Waals surface area contributed by atoms with E-state index in [-0.39, 0.29) is 72.3 Å². The summed E-state index contributed by atoms with van der Waals surface area (Å²) in [5.41, 5.74) is 5.07. The number of imide groups is 1. The summed E-state index contributed by atoms with van der Waals surface area (Å²) in [5.74, 6) is -0.217. The van der Waals surface area contributed by atoms with Crippen LogP contribution in [0.5, 0.6) is 5.75 Å². The van der Waals surface area contributed by atoms with Crippen molar-refractivity contribution in [3.8, 4) is 5.75 Å². The smallest absolute Gasteiger partial charge is 0.294 e. The molecule has 21 nitrogen and oxygen atoms in total. The summed E-state index contributed by atoms with van der Waals surface area (Å²) in [5, 5.41) is 4.35. The molecule has 3 aliphatic heterocycles. The van der Waals surface area contributed by atoms with E-state index in [0.29, 0.717) is 91.3 Å². The van der Waals surface area contributed by atoms with Gasteiger partial charge in [0.25, 0.3) is 32.1 Å². The predicted octanol–water partition coefficient (Wildman–Crippen LogP) is 6.58. The molecule has 0 fully saturated rings. The summed E-state index contributed by atoms with van der Waals surface area (Å²) in [6.45, 7) is 13.3. The van der Waals surface area contributed by atoms with E-state index in [1.54, 1.807) is 18.9 Å². The highest BCUT2D eigenvalue weighted by Gasteiger charge is 2.45. The Bertz CT molecular complexity index is 3430. The molecular formula is C56H68N4O17S3. The molecule has 80 heavy (non-hydrogen) atoms. The van der Waals surface area contributed by atoms with Crippen molar-refractivity contribution in [1.82, 2.24) is 10.2 Å². The monoisotopic (exact) mass is 1160 g/mol. The number of hydrogen-bond acceptors (Lipinski definition) is 16. The molecule has 0 bridgehead atoms. The molecule has 0 radical (unpaired) electrons. The van der Waals surface area contributed by atoms with Crippen LogP contribution in [0.25, 0.3) is 0 Å². The third-order valence-corrected chi connectivity index (χ3v) is 16.8. The highest BCUT2D eigenvalue weighted by atomic mass is 32.2. The van der Waals surface area contributed by atoms with Gasteiger partial charge in [0, 0.05) is 60.9 Å². The Morgan fingerprint density at radius 1 is 0.738 bits per heavy atom. The van der Waals surface area contributed by atoms with E-state index in [1.165, 1.54) is 60.7 Å². The van der Waals surface area contributed by atoms with Gasteiger partial charge in [-0.2, -0.15) is 21.4 Å². The Labute approximate surface area is 467 Å². The van der Waals surface area contributed by atoms with Crippen molar-refractivity contribution < 1.29 is 81.7 Å². The van der Waals surface area contributed by atoms with Crippen molar-refractivity contribution in [2.45, 2.75) is 106 Å². The Morgan fingerprint density at radius 3 is 1.96 bits per heavy atom. The van der Waals surface area contributed by atoms with E-state index < -0.39 is 53.0 Å². The lowest BCUT2D eigenvalue weighted by atomic mass is 9.80. The Morgan fingerprint density at radius 2 is 1.34 bits per heavy atom. The number of hydroxylamine groups is 1. The summed E-state index contributed by atoms with van der Waals surface area (Å²) in [6.07, 6.45) is 13.3. The van der Waals surface area contributed by atoms with E-state index >= 15 is 0 Å². The molecule has 3 heterocycles. The number of unbranched alkanes of at least 4 members (excludes halogenated alkanes) is 1. The van der Waals surface area contributed by atoms with Crippen molar-refractivity contribution in [2.24, 2.45) is 0 Å². The van der Waals surface area contributed by atoms with Crippen LogP contribution in [0.3, 0.4) is 0 Å². The summed E-state index contributed by atoms with van der Waals surface area (Å²) in [7, 11) is -12.0. The summed E-state index contributed by atoms with van der Waals surface area (Å²) in [6, 6.07) is 10.9. The number of allylic oxidation sites excluding steroid dienone is 7. The minimum Gasteiger partial charge on any atom is -0.744 e. The normalized spacial score (nSPS) is 18.2. The summed E-state index contributed by atoms with van der Waals surface area (Å²) >= 11 is 0. The molecule has 3 aromatic carbocycles. The SMILES string of the molecule is Cc1cc(S(=O)(=O)O)cc2c1N(OCCOCCOCCOCCCCC(=O)NCCN1C(=O)C=CC1=O)/C(=C/C=C1\CCCC(/C=C/C3=[N+](C)c4c(C)cc(S(=O)(=O)[O-])cc4C3(C)C)=C1Oc1ccc(S(=O)(=O)O)cc1)C2(C)C. The first kappa shape index (κ1) is 61.4. The Kier molecular flexibility index (Phi) is 19.4. The van der Waals surface area contributed by atoms with E-state index in [1.807, 2.05) is 63.6 Å². The first-order valence-corrected chi connectivity index (χ1v) is 30.3. The van der Waals surface area contributed by atoms with Gasteiger partial charge in [0.15, 0.2) is 5.71 Å². The van der Waals surface area contributed by atoms with Crippen molar-refractivity contribution >= 4 is 65.2 Å². The minimum absolute atomic E-state index is 0.0725. The molecule has 3 N–H and O–H groups in total. The number of aryl methyl sites for hydroxylation is 2. The lowest BCUT2D eigenvalue weighted by molar-refractivity contribution is -0.402. The fourth-order valence-electron chi connectivity index (χ4n) is 10.1. The number of rotatable bonds is 26. The van der Waals surface area contributed by atoms with Crippen LogP contribution in [0.1, 0.15) is 88.5 Å². The maximum Gasteiger partial charge on any atom is 0.294 e. The zero-order chi connectivity index (χ0) is 58.4. The largest absolute Gasteiger partial charge is 0.744 e. The first-order chi connectivity index (χ1) is 37.6. The topological polar surface area (TPSA) is 285 Å². The molecule has 0 atom stereocenters. The highest BCUT2D eigenvalue weighted by Crippen LogP contribution is 2.51. The number of hydrogen-bond donors (Lipinski definition) is 3. The van der Waals surface area contributed by atoms with Crippen LogP contribution in [0.15, 0.2) is 122 Å². The van der Waals surface area contributed by atoms with Gasteiger partial charge < -0.3 is 28.8 Å². The number of amides is 3. The van der Waals surface area contributed by atoms with Crippen LogP contribution in [-0.4, -0.2) is 138 Å². The lowest BCUT2D eigenvalue weighted by Gasteiger charge is -2.27. The third kappa shape index (κ3) is 14.5. The molecule has 0 saturated heterocycles. The number of fused-ring (bicyclic) bond motifs is 2. The minimum atomic E-state index is -4.74. The van der Waals surface area contributed by atoms with E-state index in [4.69, 9.17) is 23.8 Å².